The average Bonchev–Trinajstić information content (AvgIpc) is 3.19. The first-order valence-electron chi connectivity index (χ1n) is 9.85. The van der Waals surface area contributed by atoms with E-state index in [1.54, 1.807) is 6.33 Å². The Bertz CT molecular complexity index is 928. The van der Waals surface area contributed by atoms with Crippen LogP contribution in [0.15, 0.2) is 65.9 Å². The molecule has 0 spiro atoms. The van der Waals surface area contributed by atoms with Crippen molar-refractivity contribution in [1.82, 2.24) is 25.4 Å². The summed E-state index contributed by atoms with van der Waals surface area (Å²) in [5, 5.41) is 14.8. The molecule has 30 heavy (non-hydrogen) atoms. The van der Waals surface area contributed by atoms with Gasteiger partial charge in [0.2, 0.25) is 0 Å². The Morgan fingerprint density at radius 3 is 2.67 bits per heavy atom. The van der Waals surface area contributed by atoms with Gasteiger partial charge in [0.1, 0.15) is 24.7 Å². The van der Waals surface area contributed by atoms with Gasteiger partial charge in [-0.05, 0) is 50.6 Å². The van der Waals surface area contributed by atoms with Crippen molar-refractivity contribution in [2.45, 2.75) is 33.4 Å². The van der Waals surface area contributed by atoms with Gasteiger partial charge in [-0.15, -0.1) is 34.2 Å². The number of nitrogens with one attached hydrogen (secondary N) is 2. The van der Waals surface area contributed by atoms with Crippen LogP contribution < -0.4 is 15.4 Å². The van der Waals surface area contributed by atoms with E-state index in [0.29, 0.717) is 13.1 Å². The molecule has 0 aliphatic rings. The number of para-hydroxylation sites is 1. The van der Waals surface area contributed by atoms with Crippen LogP contribution in [-0.4, -0.2) is 39.9 Å². The third-order valence-corrected chi connectivity index (χ3v) is 4.26. The summed E-state index contributed by atoms with van der Waals surface area (Å²) in [5.41, 5.74) is 2.20. The normalized spacial score (nSPS) is 12.0. The summed E-state index contributed by atoms with van der Waals surface area (Å²) in [5.74, 6) is 2.37. The van der Waals surface area contributed by atoms with E-state index in [1.165, 1.54) is 5.56 Å². The van der Waals surface area contributed by atoms with Gasteiger partial charge in [-0.3, -0.25) is 4.57 Å². The number of aliphatic imine (C=N–C) groups is 1. The lowest BCUT2D eigenvalue weighted by molar-refractivity contribution is 0.223. The van der Waals surface area contributed by atoms with E-state index in [9.17, 15) is 0 Å². The van der Waals surface area contributed by atoms with Crippen molar-refractivity contribution >= 4 is 29.9 Å². The quantitative estimate of drug-likeness (QED) is 0.269. The summed E-state index contributed by atoms with van der Waals surface area (Å²) >= 11 is 0. The van der Waals surface area contributed by atoms with Gasteiger partial charge in [0.25, 0.3) is 0 Å². The molecule has 3 rings (SSSR count). The Balaban J connectivity index is 0.00000320. The minimum Gasteiger partial charge on any atom is -0.489 e. The number of aromatic nitrogens is 3. The number of hydrogen-bond acceptors (Lipinski definition) is 4. The predicted octanol–water partition coefficient (Wildman–Crippen LogP) is 3.72. The van der Waals surface area contributed by atoms with E-state index in [0.717, 1.165) is 29.8 Å². The van der Waals surface area contributed by atoms with Crippen LogP contribution in [0, 0.1) is 6.92 Å². The fourth-order valence-electron chi connectivity index (χ4n) is 2.87. The van der Waals surface area contributed by atoms with E-state index in [4.69, 9.17) is 4.74 Å². The summed E-state index contributed by atoms with van der Waals surface area (Å²) < 4.78 is 7.92. The molecular weight excluding hydrogens is 491 g/mol. The Labute approximate surface area is 195 Å². The number of hydrogen-bond donors (Lipinski definition) is 2. The van der Waals surface area contributed by atoms with E-state index in [2.05, 4.69) is 38.8 Å². The fraction of sp³-hybridized carbons (Fsp3) is 0.318. The molecule has 2 N–H and O–H groups in total. The predicted molar refractivity (Wildman–Crippen MR) is 131 cm³/mol. The molecule has 0 bridgehead atoms. The van der Waals surface area contributed by atoms with Crippen molar-refractivity contribution < 1.29 is 4.74 Å². The van der Waals surface area contributed by atoms with Crippen LogP contribution in [-0.2, 0) is 6.54 Å². The molecule has 1 atom stereocenters. The van der Waals surface area contributed by atoms with Crippen molar-refractivity contribution in [1.29, 1.82) is 0 Å². The van der Waals surface area contributed by atoms with Crippen molar-refractivity contribution in [3.05, 3.63) is 72.3 Å². The fourth-order valence-corrected chi connectivity index (χ4v) is 2.87. The summed E-state index contributed by atoms with van der Waals surface area (Å²) in [6.07, 6.45) is 1.70. The number of rotatable bonds is 8. The van der Waals surface area contributed by atoms with Crippen LogP contribution in [0.1, 0.15) is 25.2 Å². The molecule has 0 amide bonds. The number of guanidine groups is 1. The van der Waals surface area contributed by atoms with Crippen LogP contribution in [0.3, 0.4) is 0 Å². The molecular formula is C22H29IN6O. The lowest BCUT2D eigenvalue weighted by Gasteiger charge is -2.18. The molecule has 2 aromatic carbocycles. The third kappa shape index (κ3) is 7.01. The third-order valence-electron chi connectivity index (χ3n) is 4.26. The molecule has 0 aliphatic carbocycles. The molecule has 0 aliphatic heterocycles. The molecule has 7 nitrogen and oxygen atoms in total. The zero-order valence-corrected chi connectivity index (χ0v) is 19.9. The van der Waals surface area contributed by atoms with E-state index in [1.807, 2.05) is 66.9 Å². The topological polar surface area (TPSA) is 76.4 Å². The number of aryl methyl sites for hydroxylation is 1. The molecule has 1 aromatic heterocycles. The first-order chi connectivity index (χ1) is 14.2. The molecule has 160 valence electrons. The Morgan fingerprint density at radius 1 is 1.13 bits per heavy atom. The van der Waals surface area contributed by atoms with E-state index >= 15 is 0 Å². The maximum atomic E-state index is 5.98. The number of ether oxygens (including phenoxy) is 1. The van der Waals surface area contributed by atoms with Gasteiger partial charge in [-0.1, -0.05) is 30.3 Å². The standard InChI is InChI=1S/C22H28N6O.HI/c1-4-23-22(24-14-18(3)29-20-12-8-9-17(2)13-20)25-15-21-27-26-16-28(21)19-10-6-5-7-11-19;/h5-13,16,18H,4,14-15H2,1-3H3,(H2,23,24,25);1H. The summed E-state index contributed by atoms with van der Waals surface area (Å²) in [6.45, 7) is 7.94. The van der Waals surface area contributed by atoms with Gasteiger partial charge in [-0.25, -0.2) is 4.99 Å². The van der Waals surface area contributed by atoms with E-state index in [-0.39, 0.29) is 30.1 Å². The van der Waals surface area contributed by atoms with Crippen LogP contribution in [0.5, 0.6) is 5.75 Å². The second-order valence-electron chi connectivity index (χ2n) is 6.77. The average molecular weight is 520 g/mol. The SMILES string of the molecule is CCNC(=NCc1nncn1-c1ccccc1)NCC(C)Oc1cccc(C)c1.I. The maximum absolute atomic E-state index is 5.98. The molecule has 0 radical (unpaired) electrons. The Morgan fingerprint density at radius 2 is 1.93 bits per heavy atom. The van der Waals surface area contributed by atoms with Gasteiger partial charge in [0.15, 0.2) is 11.8 Å². The molecule has 1 unspecified atom stereocenters. The maximum Gasteiger partial charge on any atom is 0.191 e. The highest BCUT2D eigenvalue weighted by Crippen LogP contribution is 2.14. The number of halogens is 1. The highest BCUT2D eigenvalue weighted by Gasteiger charge is 2.08. The molecule has 0 fully saturated rings. The lowest BCUT2D eigenvalue weighted by Crippen LogP contribution is -2.41. The van der Waals surface area contributed by atoms with Gasteiger partial charge in [0.05, 0.1) is 6.54 Å². The largest absolute Gasteiger partial charge is 0.489 e. The number of nitrogens with zero attached hydrogens (tertiary/aromatic N) is 4. The van der Waals surface area contributed by atoms with Crippen molar-refractivity contribution in [3.8, 4) is 11.4 Å². The minimum absolute atomic E-state index is 0. The highest BCUT2D eigenvalue weighted by atomic mass is 127. The van der Waals surface area contributed by atoms with Gasteiger partial charge < -0.3 is 15.4 Å². The Kier molecular flexibility index (Phi) is 9.59. The first kappa shape index (κ1) is 23.7. The molecule has 0 saturated heterocycles. The van der Waals surface area contributed by atoms with Crippen molar-refractivity contribution in [2.24, 2.45) is 4.99 Å². The zero-order chi connectivity index (χ0) is 20.5. The molecule has 8 heteroatoms. The highest BCUT2D eigenvalue weighted by molar-refractivity contribution is 14.0. The van der Waals surface area contributed by atoms with Gasteiger partial charge in [0, 0.05) is 12.2 Å². The minimum atomic E-state index is -0.00590. The van der Waals surface area contributed by atoms with E-state index < -0.39 is 0 Å². The van der Waals surface area contributed by atoms with Crippen molar-refractivity contribution in [2.75, 3.05) is 13.1 Å². The second kappa shape index (κ2) is 12.2. The van der Waals surface area contributed by atoms with Crippen LogP contribution in [0.4, 0.5) is 0 Å². The van der Waals surface area contributed by atoms with Crippen molar-refractivity contribution in [3.63, 3.8) is 0 Å². The Hall–Kier alpha value is -2.62. The van der Waals surface area contributed by atoms with Crippen LogP contribution in [0.2, 0.25) is 0 Å². The van der Waals surface area contributed by atoms with Gasteiger partial charge >= 0.3 is 0 Å². The number of benzene rings is 2. The smallest absolute Gasteiger partial charge is 0.191 e. The van der Waals surface area contributed by atoms with Crippen LogP contribution in [0.25, 0.3) is 5.69 Å². The molecule has 3 aromatic rings. The second-order valence-corrected chi connectivity index (χ2v) is 6.77. The summed E-state index contributed by atoms with van der Waals surface area (Å²) in [7, 11) is 0. The summed E-state index contributed by atoms with van der Waals surface area (Å²) in [6, 6.07) is 18.1. The first-order valence-corrected chi connectivity index (χ1v) is 9.85. The van der Waals surface area contributed by atoms with Gasteiger partial charge in [-0.2, -0.15) is 0 Å². The molecule has 0 saturated carbocycles. The lowest BCUT2D eigenvalue weighted by atomic mass is 10.2. The zero-order valence-electron chi connectivity index (χ0n) is 17.6. The molecule has 1 heterocycles. The van der Waals surface area contributed by atoms with Crippen LogP contribution >= 0.6 is 24.0 Å². The monoisotopic (exact) mass is 520 g/mol. The summed E-state index contributed by atoms with van der Waals surface area (Å²) in [4.78, 5) is 4.65.